The third-order valence-electron chi connectivity index (χ3n) is 2.58. The van der Waals surface area contributed by atoms with Crippen LogP contribution in [0.4, 0.5) is 0 Å². The minimum Gasteiger partial charge on any atom is -0.207 e. The molecular weight excluding hydrogens is 326 g/mol. The fourth-order valence-corrected chi connectivity index (χ4v) is 3.52. The van der Waals surface area contributed by atoms with Crippen LogP contribution in [0.3, 0.4) is 0 Å². The average molecular weight is 341 g/mol. The molecule has 1 N–H and O–H groups in total. The summed E-state index contributed by atoms with van der Waals surface area (Å²) in [5, 5.41) is 1.08. The van der Waals surface area contributed by atoms with Crippen LogP contribution >= 0.6 is 27.5 Å². The Labute approximate surface area is 116 Å². The van der Waals surface area contributed by atoms with E-state index >= 15 is 0 Å². The fraction of sp³-hybridized carbons (Fsp3) is 0.455. The summed E-state index contributed by atoms with van der Waals surface area (Å²) < 4.78 is 26.9. The third kappa shape index (κ3) is 3.95. The fourth-order valence-electron chi connectivity index (χ4n) is 1.19. The lowest BCUT2D eigenvalue weighted by Gasteiger charge is -2.26. The van der Waals surface area contributed by atoms with Gasteiger partial charge < -0.3 is 0 Å². The van der Waals surface area contributed by atoms with Gasteiger partial charge in [-0.05, 0) is 37.6 Å². The summed E-state index contributed by atoms with van der Waals surface area (Å²) in [7, 11) is -3.50. The van der Waals surface area contributed by atoms with Crippen LogP contribution in [0, 0.1) is 0 Å². The maximum absolute atomic E-state index is 12.1. The van der Waals surface area contributed by atoms with Gasteiger partial charge in [0.05, 0.1) is 4.90 Å². The van der Waals surface area contributed by atoms with E-state index in [2.05, 4.69) is 20.7 Å². The van der Waals surface area contributed by atoms with Crippen molar-refractivity contribution in [2.75, 3.05) is 5.33 Å². The molecular formula is C11H15BrClNO2S. The minimum atomic E-state index is -3.50. The van der Waals surface area contributed by atoms with Crippen molar-refractivity contribution in [2.45, 2.75) is 30.7 Å². The molecule has 1 aromatic rings. The van der Waals surface area contributed by atoms with Gasteiger partial charge in [0.1, 0.15) is 0 Å². The highest BCUT2D eigenvalue weighted by molar-refractivity contribution is 9.09. The summed E-state index contributed by atoms with van der Waals surface area (Å²) >= 11 is 9.05. The Hall–Kier alpha value is -0.100. The van der Waals surface area contributed by atoms with Crippen LogP contribution in [0.5, 0.6) is 0 Å². The molecule has 1 atom stereocenters. The molecule has 0 bridgehead atoms. The van der Waals surface area contributed by atoms with Gasteiger partial charge in [-0.2, -0.15) is 0 Å². The molecule has 1 unspecified atom stereocenters. The van der Waals surface area contributed by atoms with Gasteiger partial charge in [-0.15, -0.1) is 0 Å². The molecule has 3 nitrogen and oxygen atoms in total. The van der Waals surface area contributed by atoms with Gasteiger partial charge in [-0.25, -0.2) is 13.1 Å². The molecule has 0 aliphatic rings. The molecule has 0 amide bonds. The monoisotopic (exact) mass is 339 g/mol. The van der Waals surface area contributed by atoms with Gasteiger partial charge in [-0.1, -0.05) is 34.5 Å². The molecule has 6 heteroatoms. The molecule has 0 heterocycles. The first-order valence-electron chi connectivity index (χ1n) is 5.18. The summed E-state index contributed by atoms with van der Waals surface area (Å²) in [5.41, 5.74) is -0.488. The van der Waals surface area contributed by atoms with Gasteiger partial charge in [-0.3, -0.25) is 0 Å². The highest BCUT2D eigenvalue weighted by Gasteiger charge is 2.27. The van der Waals surface area contributed by atoms with E-state index in [0.29, 0.717) is 16.8 Å². The second-order valence-corrected chi connectivity index (χ2v) is 6.79. The number of benzene rings is 1. The molecule has 96 valence electrons. The van der Waals surface area contributed by atoms with Crippen LogP contribution in [0.2, 0.25) is 5.02 Å². The second-order valence-electron chi connectivity index (χ2n) is 4.11. The molecule has 0 radical (unpaired) electrons. The molecule has 1 aromatic carbocycles. The number of rotatable bonds is 5. The van der Waals surface area contributed by atoms with Crippen LogP contribution in [0.25, 0.3) is 0 Å². The zero-order chi connectivity index (χ0) is 13.1. The summed E-state index contributed by atoms with van der Waals surface area (Å²) in [6.45, 7) is 3.79. The van der Waals surface area contributed by atoms with E-state index in [1.165, 1.54) is 12.1 Å². The van der Waals surface area contributed by atoms with Crippen LogP contribution in [-0.2, 0) is 10.0 Å². The maximum Gasteiger partial charge on any atom is 0.241 e. The van der Waals surface area contributed by atoms with Gasteiger partial charge in [0.15, 0.2) is 0 Å². The van der Waals surface area contributed by atoms with Crippen molar-refractivity contribution >= 4 is 37.6 Å². The van der Waals surface area contributed by atoms with E-state index in [-0.39, 0.29) is 4.90 Å². The van der Waals surface area contributed by atoms with E-state index in [1.54, 1.807) is 12.1 Å². The van der Waals surface area contributed by atoms with Crippen LogP contribution in [0.1, 0.15) is 20.3 Å². The number of hydrogen-bond donors (Lipinski definition) is 1. The minimum absolute atomic E-state index is 0.225. The molecule has 0 aliphatic carbocycles. The quantitative estimate of drug-likeness (QED) is 0.837. The number of hydrogen-bond acceptors (Lipinski definition) is 2. The summed E-state index contributed by atoms with van der Waals surface area (Å²) in [4.78, 5) is 0.225. The van der Waals surface area contributed by atoms with Gasteiger partial charge >= 0.3 is 0 Å². The smallest absolute Gasteiger partial charge is 0.207 e. The SMILES string of the molecule is CCC(C)(CBr)NS(=O)(=O)c1ccc(Cl)cc1. The van der Waals surface area contributed by atoms with Crippen molar-refractivity contribution in [3.8, 4) is 0 Å². The van der Waals surface area contributed by atoms with Crippen molar-refractivity contribution in [1.29, 1.82) is 0 Å². The first-order chi connectivity index (χ1) is 7.83. The summed E-state index contributed by atoms with van der Waals surface area (Å²) in [6.07, 6.45) is 0.699. The van der Waals surface area contributed by atoms with Crippen LogP contribution < -0.4 is 4.72 Å². The largest absolute Gasteiger partial charge is 0.241 e. The van der Waals surface area contributed by atoms with E-state index in [0.717, 1.165) is 0 Å². The van der Waals surface area contributed by atoms with Crippen LogP contribution in [0.15, 0.2) is 29.2 Å². The lowest BCUT2D eigenvalue weighted by atomic mass is 10.0. The van der Waals surface area contributed by atoms with E-state index < -0.39 is 15.6 Å². The van der Waals surface area contributed by atoms with E-state index in [4.69, 9.17) is 11.6 Å². The third-order valence-corrected chi connectivity index (χ3v) is 5.72. The lowest BCUT2D eigenvalue weighted by molar-refractivity contribution is 0.449. The molecule has 0 aliphatic heterocycles. The van der Waals surface area contributed by atoms with Crippen LogP contribution in [-0.4, -0.2) is 19.3 Å². The Morgan fingerprint density at radius 2 is 1.88 bits per heavy atom. The number of alkyl halides is 1. The topological polar surface area (TPSA) is 46.2 Å². The van der Waals surface area contributed by atoms with Gasteiger partial charge in [0, 0.05) is 15.9 Å². The Kier molecular flexibility index (Phi) is 5.01. The Balaban J connectivity index is 3.00. The predicted octanol–water partition coefficient (Wildman–Crippen LogP) is 3.18. The molecule has 17 heavy (non-hydrogen) atoms. The highest BCUT2D eigenvalue weighted by atomic mass is 79.9. The lowest BCUT2D eigenvalue weighted by Crippen LogP contribution is -2.46. The van der Waals surface area contributed by atoms with Crippen molar-refractivity contribution in [1.82, 2.24) is 4.72 Å². The highest BCUT2D eigenvalue weighted by Crippen LogP contribution is 2.19. The van der Waals surface area contributed by atoms with Crippen molar-refractivity contribution < 1.29 is 8.42 Å². The second kappa shape index (κ2) is 5.69. The van der Waals surface area contributed by atoms with Crippen molar-refractivity contribution in [3.05, 3.63) is 29.3 Å². The number of sulfonamides is 1. The number of nitrogens with one attached hydrogen (secondary N) is 1. The predicted molar refractivity (Wildman–Crippen MR) is 74.3 cm³/mol. The maximum atomic E-state index is 12.1. The zero-order valence-electron chi connectivity index (χ0n) is 9.70. The van der Waals surface area contributed by atoms with Gasteiger partial charge in [0.25, 0.3) is 0 Å². The number of halogens is 2. The Morgan fingerprint density at radius 3 is 2.29 bits per heavy atom. The van der Waals surface area contributed by atoms with Crippen molar-refractivity contribution in [2.24, 2.45) is 0 Å². The molecule has 0 fully saturated rings. The van der Waals surface area contributed by atoms with Crippen molar-refractivity contribution in [3.63, 3.8) is 0 Å². The molecule has 0 saturated heterocycles. The summed E-state index contributed by atoms with van der Waals surface area (Å²) in [6, 6.07) is 6.12. The standard InChI is InChI=1S/C11H15BrClNO2S/c1-3-11(2,8-12)14-17(15,16)10-6-4-9(13)5-7-10/h4-7,14H,3,8H2,1-2H3. The zero-order valence-corrected chi connectivity index (χ0v) is 12.9. The molecule has 1 rings (SSSR count). The first-order valence-corrected chi connectivity index (χ1v) is 8.17. The Bertz CT molecular complexity index is 469. The summed E-state index contributed by atoms with van der Waals surface area (Å²) in [5.74, 6) is 0. The van der Waals surface area contributed by atoms with E-state index in [1.807, 2.05) is 13.8 Å². The molecule has 0 saturated carbocycles. The first kappa shape index (κ1) is 15.0. The molecule has 0 spiro atoms. The molecule has 0 aromatic heterocycles. The normalized spacial score (nSPS) is 15.5. The van der Waals surface area contributed by atoms with Gasteiger partial charge in [0.2, 0.25) is 10.0 Å². The van der Waals surface area contributed by atoms with E-state index in [9.17, 15) is 8.42 Å². The Morgan fingerprint density at radius 1 is 1.35 bits per heavy atom. The average Bonchev–Trinajstić information content (AvgIpc) is 2.29.